The number of hydrogen-bond acceptors (Lipinski definition) is 4. The van der Waals surface area contributed by atoms with Gasteiger partial charge in [-0.25, -0.2) is 4.98 Å². The van der Waals surface area contributed by atoms with Gasteiger partial charge in [0, 0.05) is 31.1 Å². The molecule has 0 aromatic carbocycles. The second-order valence-electron chi connectivity index (χ2n) is 4.76. The van der Waals surface area contributed by atoms with Crippen molar-refractivity contribution in [2.75, 3.05) is 12.4 Å². The molecule has 1 fully saturated rings. The Hall–Kier alpha value is -0.580. The van der Waals surface area contributed by atoms with E-state index in [9.17, 15) is 0 Å². The first-order chi connectivity index (χ1) is 8.28. The summed E-state index contributed by atoms with van der Waals surface area (Å²) in [5, 5.41) is 13.5. The first kappa shape index (κ1) is 12.9. The van der Waals surface area contributed by atoms with Crippen LogP contribution in [0.5, 0.6) is 0 Å². The topological polar surface area (TPSA) is 45.1 Å². The predicted octanol–water partition coefficient (Wildman–Crippen LogP) is 2.05. The molecule has 1 unspecified atom stereocenters. The molecule has 2 N–H and O–H groups in total. The van der Waals surface area contributed by atoms with Gasteiger partial charge in [0.05, 0.1) is 5.03 Å². The Morgan fingerprint density at radius 3 is 2.94 bits per heavy atom. The fourth-order valence-electron chi connectivity index (χ4n) is 1.43. The average Bonchev–Trinajstić information content (AvgIpc) is 3.18. The van der Waals surface area contributed by atoms with Gasteiger partial charge in [0.2, 0.25) is 0 Å². The number of hydrogen-bond donors (Lipinski definition) is 2. The minimum Gasteiger partial charge on any atom is -0.396 e. The van der Waals surface area contributed by atoms with Crippen molar-refractivity contribution in [3.63, 3.8) is 0 Å². The Balaban J connectivity index is 1.75. The lowest BCUT2D eigenvalue weighted by atomic mass is 10.2. The molecule has 0 bridgehead atoms. The molecule has 0 aliphatic heterocycles. The summed E-state index contributed by atoms with van der Waals surface area (Å²) in [7, 11) is 0. The van der Waals surface area contributed by atoms with Crippen molar-refractivity contribution in [2.24, 2.45) is 5.92 Å². The number of rotatable bonds is 7. The zero-order valence-corrected chi connectivity index (χ0v) is 11.0. The maximum atomic E-state index is 8.94. The van der Waals surface area contributed by atoms with Crippen LogP contribution in [0.1, 0.15) is 25.3 Å². The molecule has 17 heavy (non-hydrogen) atoms. The van der Waals surface area contributed by atoms with E-state index in [2.05, 4.69) is 22.4 Å². The zero-order chi connectivity index (χ0) is 12.1. The van der Waals surface area contributed by atoms with Crippen molar-refractivity contribution < 1.29 is 5.11 Å². The number of aliphatic hydroxyl groups excluding tert-OH is 1. The highest BCUT2D eigenvalue weighted by Crippen LogP contribution is 2.20. The van der Waals surface area contributed by atoms with Gasteiger partial charge in [-0.15, -0.1) is 11.8 Å². The quantitative estimate of drug-likeness (QED) is 0.729. The predicted molar refractivity (Wildman–Crippen MR) is 71.1 cm³/mol. The third-order valence-electron chi connectivity index (χ3n) is 2.80. The molecule has 1 heterocycles. The monoisotopic (exact) mass is 252 g/mol. The van der Waals surface area contributed by atoms with Gasteiger partial charge in [-0.2, -0.15) is 0 Å². The molecule has 2 rings (SSSR count). The van der Waals surface area contributed by atoms with Gasteiger partial charge >= 0.3 is 0 Å². The highest BCUT2D eigenvalue weighted by Gasteiger charge is 2.19. The summed E-state index contributed by atoms with van der Waals surface area (Å²) in [6.07, 6.45) is 4.59. The zero-order valence-electron chi connectivity index (χ0n) is 10.2. The number of nitrogens with zero attached hydrogens (tertiary/aromatic N) is 1. The Labute approximate surface area is 107 Å². The molecule has 0 amide bonds. The van der Waals surface area contributed by atoms with Crippen molar-refractivity contribution >= 4 is 11.8 Å². The minimum atomic E-state index is 0.246. The second-order valence-corrected chi connectivity index (χ2v) is 5.80. The normalized spacial score (nSPS) is 17.1. The van der Waals surface area contributed by atoms with Gasteiger partial charge in [-0.1, -0.05) is 13.0 Å². The summed E-state index contributed by atoms with van der Waals surface area (Å²) in [5.41, 5.74) is 1.25. The molecule has 4 heteroatoms. The smallest absolute Gasteiger partial charge is 0.0960 e. The molecule has 0 radical (unpaired) electrons. The van der Waals surface area contributed by atoms with E-state index in [4.69, 9.17) is 5.11 Å². The Kier molecular flexibility index (Phi) is 4.83. The van der Waals surface area contributed by atoms with E-state index >= 15 is 0 Å². The molecule has 0 saturated heterocycles. The van der Waals surface area contributed by atoms with Gasteiger partial charge in [-0.3, -0.25) is 0 Å². The van der Waals surface area contributed by atoms with Crippen molar-refractivity contribution in [3.05, 3.63) is 23.9 Å². The van der Waals surface area contributed by atoms with E-state index in [1.807, 2.05) is 13.1 Å². The molecule has 1 aromatic rings. The van der Waals surface area contributed by atoms with E-state index < -0.39 is 0 Å². The van der Waals surface area contributed by atoms with E-state index in [0.717, 1.165) is 23.4 Å². The molecule has 94 valence electrons. The summed E-state index contributed by atoms with van der Waals surface area (Å²) in [4.78, 5) is 4.42. The SMILES string of the molecule is CC(CO)CSc1ccc(CNC2CC2)cn1. The summed E-state index contributed by atoms with van der Waals surface area (Å²) >= 11 is 1.71. The number of thioether (sulfide) groups is 1. The van der Waals surface area contributed by atoms with Crippen LogP contribution in [0.25, 0.3) is 0 Å². The minimum absolute atomic E-state index is 0.246. The van der Waals surface area contributed by atoms with Gasteiger partial charge in [0.25, 0.3) is 0 Å². The molecule has 3 nitrogen and oxygen atoms in total. The first-order valence-corrected chi connectivity index (χ1v) is 7.18. The maximum Gasteiger partial charge on any atom is 0.0960 e. The van der Waals surface area contributed by atoms with Gasteiger partial charge in [-0.05, 0) is 30.4 Å². The number of nitrogens with one attached hydrogen (secondary N) is 1. The number of aromatic nitrogens is 1. The largest absolute Gasteiger partial charge is 0.396 e. The van der Waals surface area contributed by atoms with Gasteiger partial charge < -0.3 is 10.4 Å². The average molecular weight is 252 g/mol. The second kappa shape index (κ2) is 6.38. The van der Waals surface area contributed by atoms with Crippen LogP contribution in [0.15, 0.2) is 23.4 Å². The van der Waals surface area contributed by atoms with Crippen molar-refractivity contribution in [3.8, 4) is 0 Å². The molecule has 0 spiro atoms. The highest BCUT2D eigenvalue weighted by molar-refractivity contribution is 7.99. The molecular weight excluding hydrogens is 232 g/mol. The fraction of sp³-hybridized carbons (Fsp3) is 0.615. The molecule has 1 aliphatic carbocycles. The van der Waals surface area contributed by atoms with Crippen molar-refractivity contribution in [1.29, 1.82) is 0 Å². The lowest BCUT2D eigenvalue weighted by Gasteiger charge is -2.07. The van der Waals surface area contributed by atoms with Crippen LogP contribution < -0.4 is 5.32 Å². The third kappa shape index (κ3) is 4.66. The maximum absolute atomic E-state index is 8.94. The third-order valence-corrected chi connectivity index (χ3v) is 4.07. The molecule has 1 aliphatic rings. The molecular formula is C13H20N2OS. The van der Waals surface area contributed by atoms with E-state index in [-0.39, 0.29) is 6.61 Å². The van der Waals surface area contributed by atoms with Crippen LogP contribution in [0, 0.1) is 5.92 Å². The Bertz CT molecular complexity index is 338. The molecule has 1 saturated carbocycles. The summed E-state index contributed by atoms with van der Waals surface area (Å²) in [6.45, 7) is 3.22. The summed E-state index contributed by atoms with van der Waals surface area (Å²) in [6, 6.07) is 4.95. The summed E-state index contributed by atoms with van der Waals surface area (Å²) < 4.78 is 0. The van der Waals surface area contributed by atoms with Crippen LogP contribution in [0.3, 0.4) is 0 Å². The van der Waals surface area contributed by atoms with Crippen molar-refractivity contribution in [1.82, 2.24) is 10.3 Å². The van der Waals surface area contributed by atoms with Gasteiger partial charge in [0.15, 0.2) is 0 Å². The highest BCUT2D eigenvalue weighted by atomic mass is 32.2. The van der Waals surface area contributed by atoms with Gasteiger partial charge in [0.1, 0.15) is 0 Å². The lowest BCUT2D eigenvalue weighted by molar-refractivity contribution is 0.250. The molecule has 1 atom stereocenters. The fourth-order valence-corrected chi connectivity index (χ4v) is 2.28. The van der Waals surface area contributed by atoms with Crippen LogP contribution in [-0.4, -0.2) is 28.5 Å². The number of aliphatic hydroxyl groups is 1. The van der Waals surface area contributed by atoms with Crippen LogP contribution in [0.2, 0.25) is 0 Å². The number of pyridine rings is 1. The molecule has 1 aromatic heterocycles. The summed E-state index contributed by atoms with van der Waals surface area (Å²) in [5.74, 6) is 1.25. The standard InChI is InChI=1S/C13H20N2OS/c1-10(8-16)9-17-13-5-2-11(7-15-13)6-14-12-3-4-12/h2,5,7,10,12,14,16H,3-4,6,8-9H2,1H3. The van der Waals surface area contributed by atoms with Crippen LogP contribution in [-0.2, 0) is 6.54 Å². The van der Waals surface area contributed by atoms with Crippen molar-refractivity contribution in [2.45, 2.75) is 37.4 Å². The van der Waals surface area contributed by atoms with E-state index in [0.29, 0.717) is 5.92 Å². The first-order valence-electron chi connectivity index (χ1n) is 6.20. The Morgan fingerprint density at radius 1 is 1.53 bits per heavy atom. The van der Waals surface area contributed by atoms with Crippen LogP contribution >= 0.6 is 11.8 Å². The van der Waals surface area contributed by atoms with Crippen LogP contribution in [0.4, 0.5) is 0 Å². The van der Waals surface area contributed by atoms with E-state index in [1.54, 1.807) is 11.8 Å². The Morgan fingerprint density at radius 2 is 2.35 bits per heavy atom. The lowest BCUT2D eigenvalue weighted by Crippen LogP contribution is -2.15. The van der Waals surface area contributed by atoms with E-state index in [1.165, 1.54) is 18.4 Å².